The van der Waals surface area contributed by atoms with Crippen LogP contribution in [-0.4, -0.2) is 11.1 Å². The highest BCUT2D eigenvalue weighted by Crippen LogP contribution is 2.24. The van der Waals surface area contributed by atoms with Gasteiger partial charge in [0.1, 0.15) is 5.76 Å². The van der Waals surface area contributed by atoms with Crippen LogP contribution in [0.25, 0.3) is 11.3 Å². The zero-order valence-corrected chi connectivity index (χ0v) is 8.88. The molecule has 0 amide bonds. The first-order valence-corrected chi connectivity index (χ1v) is 5.05. The number of hydrogen-bond donors (Lipinski definition) is 1. The average molecular weight is 216 g/mol. The van der Waals surface area contributed by atoms with Gasteiger partial charge in [-0.05, 0) is 30.7 Å². The van der Waals surface area contributed by atoms with Crippen LogP contribution in [-0.2, 0) is 4.79 Å². The molecule has 0 radical (unpaired) electrons. The highest BCUT2D eigenvalue weighted by Gasteiger charge is 2.14. The van der Waals surface area contributed by atoms with Crippen LogP contribution in [0.3, 0.4) is 0 Å². The van der Waals surface area contributed by atoms with Crippen LogP contribution in [0, 0.1) is 0 Å². The molecule has 2 aromatic rings. The third-order valence-electron chi connectivity index (χ3n) is 2.56. The predicted molar refractivity (Wildman–Crippen MR) is 60.2 cm³/mol. The summed E-state index contributed by atoms with van der Waals surface area (Å²) in [5.74, 6) is -0.578. The lowest BCUT2D eigenvalue weighted by Crippen LogP contribution is -2.07. The molecule has 0 bridgehead atoms. The number of furan rings is 1. The zero-order chi connectivity index (χ0) is 11.5. The van der Waals surface area contributed by atoms with Gasteiger partial charge in [0.15, 0.2) is 0 Å². The number of rotatable bonds is 3. The fourth-order valence-electron chi connectivity index (χ4n) is 1.55. The number of carboxylic acids is 1. The highest BCUT2D eigenvalue weighted by molar-refractivity contribution is 5.76. The van der Waals surface area contributed by atoms with E-state index in [9.17, 15) is 4.79 Å². The van der Waals surface area contributed by atoms with Gasteiger partial charge in [-0.3, -0.25) is 4.79 Å². The molecule has 3 heteroatoms. The first-order chi connectivity index (χ1) is 7.68. The fourth-order valence-corrected chi connectivity index (χ4v) is 1.55. The lowest BCUT2D eigenvalue weighted by atomic mass is 9.98. The Kier molecular flexibility index (Phi) is 2.77. The molecule has 0 fully saturated rings. The molecule has 1 heterocycles. The number of hydrogen-bond acceptors (Lipinski definition) is 2. The van der Waals surface area contributed by atoms with Crippen molar-refractivity contribution in [1.82, 2.24) is 0 Å². The Hall–Kier alpha value is -2.03. The van der Waals surface area contributed by atoms with Crippen LogP contribution >= 0.6 is 0 Å². The second-order valence-electron chi connectivity index (χ2n) is 3.66. The van der Waals surface area contributed by atoms with Crippen molar-refractivity contribution >= 4 is 5.97 Å². The molecular formula is C13H12O3. The molecular weight excluding hydrogens is 204 g/mol. The summed E-state index contributed by atoms with van der Waals surface area (Å²) in [5, 5.41) is 8.93. The standard InChI is InChI=1S/C13H12O3/c1-9(13(14)15)10-4-2-5-11(8-10)12-6-3-7-16-12/h2-9H,1H3,(H,14,15). The zero-order valence-electron chi connectivity index (χ0n) is 8.88. The molecule has 0 aliphatic rings. The van der Waals surface area contributed by atoms with Gasteiger partial charge in [-0.25, -0.2) is 0 Å². The van der Waals surface area contributed by atoms with E-state index in [1.807, 2.05) is 36.4 Å². The molecule has 0 aliphatic carbocycles. The van der Waals surface area contributed by atoms with Crippen molar-refractivity contribution < 1.29 is 14.3 Å². The SMILES string of the molecule is CC(C(=O)O)c1cccc(-c2ccco2)c1. The van der Waals surface area contributed by atoms with Gasteiger partial charge in [0.2, 0.25) is 0 Å². The topological polar surface area (TPSA) is 50.4 Å². The van der Waals surface area contributed by atoms with Crippen molar-refractivity contribution in [2.45, 2.75) is 12.8 Å². The van der Waals surface area contributed by atoms with Gasteiger partial charge >= 0.3 is 5.97 Å². The van der Waals surface area contributed by atoms with Crippen molar-refractivity contribution in [3.63, 3.8) is 0 Å². The minimum Gasteiger partial charge on any atom is -0.481 e. The number of carboxylic acid groups (broad SMARTS) is 1. The van der Waals surface area contributed by atoms with E-state index in [4.69, 9.17) is 9.52 Å². The van der Waals surface area contributed by atoms with Crippen LogP contribution in [0.5, 0.6) is 0 Å². The van der Waals surface area contributed by atoms with E-state index in [1.165, 1.54) is 0 Å². The highest BCUT2D eigenvalue weighted by atomic mass is 16.4. The Balaban J connectivity index is 2.37. The van der Waals surface area contributed by atoms with E-state index >= 15 is 0 Å². The summed E-state index contributed by atoms with van der Waals surface area (Å²) >= 11 is 0. The van der Waals surface area contributed by atoms with Crippen LogP contribution in [0.2, 0.25) is 0 Å². The Morgan fingerprint density at radius 3 is 2.75 bits per heavy atom. The van der Waals surface area contributed by atoms with Crippen molar-refractivity contribution in [3.8, 4) is 11.3 Å². The van der Waals surface area contributed by atoms with Crippen molar-refractivity contribution in [2.75, 3.05) is 0 Å². The van der Waals surface area contributed by atoms with Crippen molar-refractivity contribution in [3.05, 3.63) is 48.2 Å². The molecule has 1 unspecified atom stereocenters. The summed E-state index contributed by atoms with van der Waals surface area (Å²) in [5.41, 5.74) is 1.68. The fraction of sp³-hybridized carbons (Fsp3) is 0.154. The summed E-state index contributed by atoms with van der Waals surface area (Å²) in [6, 6.07) is 11.1. The minimum absolute atomic E-state index is 0.505. The van der Waals surface area contributed by atoms with Crippen LogP contribution in [0.1, 0.15) is 18.4 Å². The van der Waals surface area contributed by atoms with Gasteiger partial charge in [0.25, 0.3) is 0 Å². The first kappa shape index (κ1) is 10.5. The second kappa shape index (κ2) is 4.23. The maximum absolute atomic E-state index is 10.9. The smallest absolute Gasteiger partial charge is 0.310 e. The van der Waals surface area contributed by atoms with E-state index in [0.29, 0.717) is 0 Å². The Morgan fingerprint density at radius 1 is 1.31 bits per heavy atom. The molecule has 1 N–H and O–H groups in total. The molecule has 0 aliphatic heterocycles. The largest absolute Gasteiger partial charge is 0.481 e. The molecule has 1 aromatic carbocycles. The van der Waals surface area contributed by atoms with E-state index in [-0.39, 0.29) is 0 Å². The number of carbonyl (C=O) groups is 1. The Labute approximate surface area is 93.3 Å². The minimum atomic E-state index is -0.823. The molecule has 0 spiro atoms. The summed E-state index contributed by atoms with van der Waals surface area (Å²) in [4.78, 5) is 10.9. The monoisotopic (exact) mass is 216 g/mol. The van der Waals surface area contributed by atoms with Gasteiger partial charge in [-0.15, -0.1) is 0 Å². The van der Waals surface area contributed by atoms with Crippen LogP contribution in [0.4, 0.5) is 0 Å². The van der Waals surface area contributed by atoms with E-state index in [1.54, 1.807) is 13.2 Å². The van der Waals surface area contributed by atoms with Gasteiger partial charge < -0.3 is 9.52 Å². The summed E-state index contributed by atoms with van der Waals surface area (Å²) < 4.78 is 5.27. The molecule has 0 saturated heterocycles. The van der Waals surface area contributed by atoms with E-state index in [0.717, 1.165) is 16.9 Å². The summed E-state index contributed by atoms with van der Waals surface area (Å²) in [7, 11) is 0. The molecule has 0 saturated carbocycles. The first-order valence-electron chi connectivity index (χ1n) is 5.05. The lowest BCUT2D eigenvalue weighted by Gasteiger charge is -2.07. The predicted octanol–water partition coefficient (Wildman–Crippen LogP) is 3.13. The van der Waals surface area contributed by atoms with Gasteiger partial charge in [0.05, 0.1) is 12.2 Å². The maximum atomic E-state index is 10.9. The maximum Gasteiger partial charge on any atom is 0.310 e. The molecule has 1 atom stereocenters. The van der Waals surface area contributed by atoms with Crippen LogP contribution in [0.15, 0.2) is 47.1 Å². The quantitative estimate of drug-likeness (QED) is 0.857. The molecule has 82 valence electrons. The van der Waals surface area contributed by atoms with Crippen LogP contribution < -0.4 is 0 Å². The molecule has 1 aromatic heterocycles. The van der Waals surface area contributed by atoms with E-state index in [2.05, 4.69) is 0 Å². The number of benzene rings is 1. The Morgan fingerprint density at radius 2 is 2.12 bits per heavy atom. The normalized spacial score (nSPS) is 12.3. The molecule has 16 heavy (non-hydrogen) atoms. The van der Waals surface area contributed by atoms with Crippen molar-refractivity contribution in [1.29, 1.82) is 0 Å². The lowest BCUT2D eigenvalue weighted by molar-refractivity contribution is -0.138. The molecule has 3 nitrogen and oxygen atoms in total. The number of aliphatic carboxylic acids is 1. The Bertz CT molecular complexity index is 486. The third kappa shape index (κ3) is 1.98. The van der Waals surface area contributed by atoms with Crippen molar-refractivity contribution in [2.24, 2.45) is 0 Å². The third-order valence-corrected chi connectivity index (χ3v) is 2.56. The van der Waals surface area contributed by atoms with Gasteiger partial charge in [-0.1, -0.05) is 18.2 Å². The average Bonchev–Trinajstić information content (AvgIpc) is 2.81. The van der Waals surface area contributed by atoms with Gasteiger partial charge in [0, 0.05) is 5.56 Å². The van der Waals surface area contributed by atoms with E-state index < -0.39 is 11.9 Å². The molecule has 2 rings (SSSR count). The second-order valence-corrected chi connectivity index (χ2v) is 3.66. The summed E-state index contributed by atoms with van der Waals surface area (Å²) in [6.07, 6.45) is 1.60. The summed E-state index contributed by atoms with van der Waals surface area (Å²) in [6.45, 7) is 1.67. The van der Waals surface area contributed by atoms with Gasteiger partial charge in [-0.2, -0.15) is 0 Å².